The first kappa shape index (κ1) is 18.9. The lowest BCUT2D eigenvalue weighted by Gasteiger charge is -2.27. The van der Waals surface area contributed by atoms with Gasteiger partial charge < -0.3 is 15.7 Å². The fourth-order valence-electron chi connectivity index (χ4n) is 3.02. The van der Waals surface area contributed by atoms with Crippen LogP contribution in [0.25, 0.3) is 0 Å². The fraction of sp³-hybridized carbons (Fsp3) is 0.529. The normalized spacial score (nSPS) is 21.8. The molecular weight excluding hydrogens is 351 g/mol. The Kier molecular flexibility index (Phi) is 6.75. The topological polar surface area (TPSA) is 78.4 Å². The molecule has 2 amide bonds. The van der Waals surface area contributed by atoms with E-state index in [1.54, 1.807) is 18.2 Å². The summed E-state index contributed by atoms with van der Waals surface area (Å²) in [6.45, 7) is 1.89. The highest BCUT2D eigenvalue weighted by Crippen LogP contribution is 2.26. The van der Waals surface area contributed by atoms with Crippen molar-refractivity contribution in [2.24, 2.45) is 5.92 Å². The van der Waals surface area contributed by atoms with E-state index in [-0.39, 0.29) is 24.0 Å². The van der Waals surface area contributed by atoms with Crippen molar-refractivity contribution in [2.75, 3.05) is 0 Å². The summed E-state index contributed by atoms with van der Waals surface area (Å²) in [6.07, 6.45) is 3.12. The van der Waals surface area contributed by atoms with E-state index >= 15 is 0 Å². The van der Waals surface area contributed by atoms with Crippen LogP contribution < -0.4 is 10.6 Å². The van der Waals surface area contributed by atoms with Gasteiger partial charge in [0.05, 0.1) is 5.92 Å². The van der Waals surface area contributed by atoms with Crippen LogP contribution in [0, 0.1) is 5.92 Å². The predicted molar refractivity (Wildman–Crippen MR) is 94.7 cm³/mol. The highest BCUT2D eigenvalue weighted by atomic mass is 35.5. The first-order valence-corrected chi connectivity index (χ1v) is 8.85. The van der Waals surface area contributed by atoms with Crippen LogP contribution in [-0.4, -0.2) is 29.2 Å². The van der Waals surface area contributed by atoms with Crippen LogP contribution in [0.5, 0.6) is 0 Å². The maximum absolute atomic E-state index is 12.1. The number of rotatable bonds is 5. The zero-order valence-electron chi connectivity index (χ0n) is 13.5. The Balaban J connectivity index is 1.79. The largest absolute Gasteiger partial charge is 0.481 e. The molecule has 0 bridgehead atoms. The number of carbonyl (C=O) groups is 2. The predicted octanol–water partition coefficient (Wildman–Crippen LogP) is 3.87. The highest BCUT2D eigenvalue weighted by molar-refractivity contribution is 6.36. The lowest BCUT2D eigenvalue weighted by atomic mass is 9.86. The lowest BCUT2D eigenvalue weighted by Crippen LogP contribution is -2.47. The van der Waals surface area contributed by atoms with Crippen molar-refractivity contribution in [3.63, 3.8) is 0 Å². The smallest absolute Gasteiger partial charge is 0.315 e. The molecule has 3 N–H and O–H groups in total. The molecule has 0 heterocycles. The van der Waals surface area contributed by atoms with E-state index in [1.165, 1.54) is 0 Å². The molecule has 0 aliphatic heterocycles. The Hall–Kier alpha value is -1.46. The van der Waals surface area contributed by atoms with E-state index in [1.807, 2.05) is 6.92 Å². The number of amides is 2. The second kappa shape index (κ2) is 8.58. The third-order valence-corrected chi connectivity index (χ3v) is 5.07. The lowest BCUT2D eigenvalue weighted by molar-refractivity contribution is -0.142. The third-order valence-electron chi connectivity index (χ3n) is 4.36. The number of nitrogens with one attached hydrogen (secondary N) is 2. The highest BCUT2D eigenvalue weighted by Gasteiger charge is 2.26. The summed E-state index contributed by atoms with van der Waals surface area (Å²) in [5.41, 5.74) is 0.815. The van der Waals surface area contributed by atoms with Crippen LogP contribution in [0.2, 0.25) is 10.0 Å². The Morgan fingerprint density at radius 3 is 2.33 bits per heavy atom. The summed E-state index contributed by atoms with van der Waals surface area (Å²) in [6, 6.07) is 4.98. The third kappa shape index (κ3) is 5.28. The van der Waals surface area contributed by atoms with Gasteiger partial charge >= 0.3 is 12.0 Å². The quantitative estimate of drug-likeness (QED) is 0.733. The van der Waals surface area contributed by atoms with Crippen molar-refractivity contribution in [3.8, 4) is 0 Å². The van der Waals surface area contributed by atoms with Crippen molar-refractivity contribution in [1.29, 1.82) is 0 Å². The summed E-state index contributed by atoms with van der Waals surface area (Å²) in [4.78, 5) is 23.0. The molecule has 1 fully saturated rings. The molecule has 1 atom stereocenters. The number of carboxylic acids is 1. The molecule has 2 rings (SSSR count). The van der Waals surface area contributed by atoms with Gasteiger partial charge in [0.2, 0.25) is 0 Å². The van der Waals surface area contributed by atoms with Crippen LogP contribution in [0.4, 0.5) is 4.79 Å². The number of carboxylic acid groups (broad SMARTS) is 1. The second-order valence-electron chi connectivity index (χ2n) is 6.31. The summed E-state index contributed by atoms with van der Waals surface area (Å²) >= 11 is 12.3. The SMILES string of the molecule is CC(Cc1c(Cl)cccc1Cl)NC(=O)NC1CCC(C(=O)O)CC1. The van der Waals surface area contributed by atoms with Crippen LogP contribution in [0.15, 0.2) is 18.2 Å². The Labute approximate surface area is 151 Å². The molecule has 1 unspecified atom stereocenters. The van der Waals surface area contributed by atoms with Crippen LogP contribution in [-0.2, 0) is 11.2 Å². The maximum Gasteiger partial charge on any atom is 0.315 e. The molecular formula is C17H22Cl2N2O3. The molecule has 1 aromatic rings. The standard InChI is InChI=1S/C17H22Cl2N2O3/c1-10(9-13-14(18)3-2-4-15(13)19)20-17(24)21-12-7-5-11(6-8-12)16(22)23/h2-4,10-12H,5-9H2,1H3,(H,22,23)(H2,20,21,24). The van der Waals surface area contributed by atoms with Gasteiger partial charge in [-0.05, 0) is 56.7 Å². The van der Waals surface area contributed by atoms with Gasteiger partial charge in [-0.1, -0.05) is 29.3 Å². The molecule has 24 heavy (non-hydrogen) atoms. The van der Waals surface area contributed by atoms with Gasteiger partial charge in [-0.2, -0.15) is 0 Å². The first-order valence-electron chi connectivity index (χ1n) is 8.09. The van der Waals surface area contributed by atoms with Gasteiger partial charge in [0.1, 0.15) is 0 Å². The Morgan fingerprint density at radius 1 is 1.21 bits per heavy atom. The van der Waals surface area contributed by atoms with Crippen molar-refractivity contribution in [1.82, 2.24) is 10.6 Å². The van der Waals surface area contributed by atoms with E-state index < -0.39 is 5.97 Å². The number of hydrogen-bond acceptors (Lipinski definition) is 2. The zero-order valence-corrected chi connectivity index (χ0v) is 15.0. The molecule has 1 aliphatic carbocycles. The number of carbonyl (C=O) groups excluding carboxylic acids is 1. The molecule has 1 saturated carbocycles. The van der Waals surface area contributed by atoms with Crippen LogP contribution in [0.1, 0.15) is 38.2 Å². The molecule has 0 radical (unpaired) electrons. The molecule has 0 spiro atoms. The summed E-state index contributed by atoms with van der Waals surface area (Å²) < 4.78 is 0. The number of benzene rings is 1. The van der Waals surface area contributed by atoms with Crippen molar-refractivity contribution in [3.05, 3.63) is 33.8 Å². The van der Waals surface area contributed by atoms with E-state index in [0.717, 1.165) is 5.56 Å². The Morgan fingerprint density at radius 2 is 1.79 bits per heavy atom. The maximum atomic E-state index is 12.1. The number of halogens is 2. The first-order chi connectivity index (χ1) is 11.4. The van der Waals surface area contributed by atoms with Crippen molar-refractivity contribution >= 4 is 35.2 Å². The van der Waals surface area contributed by atoms with Gasteiger partial charge in [-0.3, -0.25) is 4.79 Å². The molecule has 7 heteroatoms. The fourth-order valence-corrected chi connectivity index (χ4v) is 3.57. The van der Waals surface area contributed by atoms with E-state index in [2.05, 4.69) is 10.6 Å². The summed E-state index contributed by atoms with van der Waals surface area (Å²) in [7, 11) is 0. The minimum Gasteiger partial charge on any atom is -0.481 e. The minimum atomic E-state index is -0.747. The number of urea groups is 1. The molecule has 0 saturated heterocycles. The molecule has 1 aliphatic rings. The van der Waals surface area contributed by atoms with Crippen molar-refractivity contribution < 1.29 is 14.7 Å². The van der Waals surface area contributed by atoms with Crippen LogP contribution in [0.3, 0.4) is 0 Å². The molecule has 5 nitrogen and oxygen atoms in total. The van der Waals surface area contributed by atoms with Gasteiger partial charge in [0.15, 0.2) is 0 Å². The zero-order chi connectivity index (χ0) is 17.7. The number of hydrogen-bond donors (Lipinski definition) is 3. The Bertz CT molecular complexity index is 581. The number of aliphatic carboxylic acids is 1. The monoisotopic (exact) mass is 372 g/mol. The van der Waals surface area contributed by atoms with E-state index in [0.29, 0.717) is 42.1 Å². The molecule has 1 aromatic carbocycles. The van der Waals surface area contributed by atoms with Gasteiger partial charge in [-0.25, -0.2) is 4.79 Å². The minimum absolute atomic E-state index is 0.0247. The van der Waals surface area contributed by atoms with E-state index in [4.69, 9.17) is 28.3 Å². The van der Waals surface area contributed by atoms with Gasteiger partial charge in [-0.15, -0.1) is 0 Å². The average Bonchev–Trinajstić information content (AvgIpc) is 2.51. The second-order valence-corrected chi connectivity index (χ2v) is 7.12. The van der Waals surface area contributed by atoms with Crippen LogP contribution >= 0.6 is 23.2 Å². The molecule has 132 valence electrons. The summed E-state index contributed by atoms with van der Waals surface area (Å²) in [5.74, 6) is -1.03. The van der Waals surface area contributed by atoms with Gasteiger partial charge in [0, 0.05) is 22.1 Å². The molecule has 0 aromatic heterocycles. The van der Waals surface area contributed by atoms with E-state index in [9.17, 15) is 9.59 Å². The van der Waals surface area contributed by atoms with Crippen molar-refractivity contribution in [2.45, 2.75) is 51.1 Å². The average molecular weight is 373 g/mol. The summed E-state index contributed by atoms with van der Waals surface area (Å²) in [5, 5.41) is 16.0. The van der Waals surface area contributed by atoms with Gasteiger partial charge in [0.25, 0.3) is 0 Å².